The summed E-state index contributed by atoms with van der Waals surface area (Å²) in [5.74, 6) is -0.108. The number of carbonyl (C=O) groups is 2. The number of nitrogens with zero attached hydrogens (tertiary/aromatic N) is 3. The molecule has 2 fully saturated rings. The third-order valence-electron chi connectivity index (χ3n) is 5.48. The summed E-state index contributed by atoms with van der Waals surface area (Å²) in [5, 5.41) is 12.1. The average Bonchev–Trinajstić information content (AvgIpc) is 2.95. The van der Waals surface area contributed by atoms with Crippen molar-refractivity contribution in [3.05, 3.63) is 23.9 Å². The minimum Gasteiger partial charge on any atom is -0.481 e. The second-order valence-corrected chi connectivity index (χ2v) is 7.87. The van der Waals surface area contributed by atoms with Crippen LogP contribution in [0.2, 0.25) is 0 Å². The van der Waals surface area contributed by atoms with Crippen LogP contribution in [0.4, 0.5) is 10.6 Å². The number of carboxylic acid groups (broad SMARTS) is 1. The first-order chi connectivity index (χ1) is 13.0. The Hall–Kier alpha value is -2.31. The van der Waals surface area contributed by atoms with Crippen LogP contribution >= 0.6 is 0 Å². The zero-order valence-electron chi connectivity index (χ0n) is 16.1. The summed E-state index contributed by atoms with van der Waals surface area (Å²) < 4.78 is 0. The van der Waals surface area contributed by atoms with Crippen molar-refractivity contribution in [2.45, 2.75) is 45.6 Å². The number of pyridine rings is 1. The number of carboxylic acids is 1. The van der Waals surface area contributed by atoms with Crippen molar-refractivity contribution >= 4 is 17.8 Å². The van der Waals surface area contributed by atoms with Crippen LogP contribution in [0, 0.1) is 11.8 Å². The molecule has 2 saturated heterocycles. The third-order valence-corrected chi connectivity index (χ3v) is 5.48. The van der Waals surface area contributed by atoms with Crippen molar-refractivity contribution in [2.24, 2.45) is 11.8 Å². The highest BCUT2D eigenvalue weighted by atomic mass is 16.4. The maximum absolute atomic E-state index is 12.4. The molecule has 3 heterocycles. The Balaban J connectivity index is 1.51. The molecule has 27 heavy (non-hydrogen) atoms. The number of nitrogens with one attached hydrogen (secondary N) is 1. The molecular formula is C20H30N4O3. The van der Waals surface area contributed by atoms with Gasteiger partial charge in [0, 0.05) is 38.9 Å². The summed E-state index contributed by atoms with van der Waals surface area (Å²) in [4.78, 5) is 32.2. The molecule has 2 aliphatic heterocycles. The minimum absolute atomic E-state index is 0.195. The van der Waals surface area contributed by atoms with E-state index >= 15 is 0 Å². The van der Waals surface area contributed by atoms with Crippen LogP contribution in [-0.2, 0) is 11.3 Å². The minimum atomic E-state index is -0.826. The van der Waals surface area contributed by atoms with E-state index in [9.17, 15) is 14.7 Å². The van der Waals surface area contributed by atoms with Crippen molar-refractivity contribution in [3.63, 3.8) is 0 Å². The molecule has 0 radical (unpaired) electrons. The van der Waals surface area contributed by atoms with E-state index in [4.69, 9.17) is 0 Å². The van der Waals surface area contributed by atoms with E-state index in [0.717, 1.165) is 24.5 Å². The van der Waals surface area contributed by atoms with Gasteiger partial charge in [0.2, 0.25) is 0 Å². The highest BCUT2D eigenvalue weighted by Crippen LogP contribution is 2.22. The molecule has 2 amide bonds. The summed E-state index contributed by atoms with van der Waals surface area (Å²) >= 11 is 0. The van der Waals surface area contributed by atoms with E-state index in [2.05, 4.69) is 15.2 Å². The number of hydrogen-bond donors (Lipinski definition) is 2. The lowest BCUT2D eigenvalue weighted by Gasteiger charge is -2.34. The zero-order chi connectivity index (χ0) is 19.2. The highest BCUT2D eigenvalue weighted by molar-refractivity contribution is 5.76. The molecule has 0 saturated carbocycles. The Kier molecular flexibility index (Phi) is 6.53. The van der Waals surface area contributed by atoms with Crippen molar-refractivity contribution in [1.29, 1.82) is 0 Å². The molecule has 148 valence electrons. The number of rotatable bonds is 4. The average molecular weight is 374 g/mol. The maximum Gasteiger partial charge on any atom is 0.317 e. The van der Waals surface area contributed by atoms with Gasteiger partial charge in [-0.1, -0.05) is 25.8 Å². The molecule has 7 heteroatoms. The van der Waals surface area contributed by atoms with Crippen LogP contribution in [-0.4, -0.2) is 53.2 Å². The number of aliphatic carboxylic acids is 1. The predicted molar refractivity (Wildman–Crippen MR) is 104 cm³/mol. The van der Waals surface area contributed by atoms with E-state index in [1.807, 2.05) is 25.3 Å². The number of piperidine rings is 1. The first kappa shape index (κ1) is 19.5. The van der Waals surface area contributed by atoms with Gasteiger partial charge in [0.05, 0.1) is 5.92 Å². The van der Waals surface area contributed by atoms with Gasteiger partial charge in [-0.3, -0.25) is 4.79 Å². The smallest absolute Gasteiger partial charge is 0.317 e. The first-order valence-corrected chi connectivity index (χ1v) is 9.98. The quantitative estimate of drug-likeness (QED) is 0.846. The molecule has 2 atom stereocenters. The van der Waals surface area contributed by atoms with Crippen molar-refractivity contribution in [2.75, 3.05) is 31.1 Å². The first-order valence-electron chi connectivity index (χ1n) is 9.98. The van der Waals surface area contributed by atoms with Crippen LogP contribution < -0.4 is 10.2 Å². The Morgan fingerprint density at radius 1 is 1.19 bits per heavy atom. The van der Waals surface area contributed by atoms with Gasteiger partial charge in [-0.25, -0.2) is 9.78 Å². The van der Waals surface area contributed by atoms with Crippen LogP contribution in [0.15, 0.2) is 18.3 Å². The summed E-state index contributed by atoms with van der Waals surface area (Å²) in [6, 6.07) is 3.83. The Labute approximate surface area is 160 Å². The van der Waals surface area contributed by atoms with Crippen LogP contribution in [0.25, 0.3) is 0 Å². The van der Waals surface area contributed by atoms with Gasteiger partial charge in [-0.15, -0.1) is 0 Å². The second-order valence-electron chi connectivity index (χ2n) is 7.87. The number of carbonyl (C=O) groups excluding carboxylic acids is 1. The normalized spacial score (nSPS) is 23.6. The number of urea groups is 1. The second kappa shape index (κ2) is 9.06. The SMILES string of the molecule is CC1CC(C(=O)O)CN(C(=O)NCc2ccc(N3CCCCCC3)nc2)C1. The van der Waals surface area contributed by atoms with Gasteiger partial charge in [-0.2, -0.15) is 0 Å². The topological polar surface area (TPSA) is 85.8 Å². The van der Waals surface area contributed by atoms with Crippen molar-refractivity contribution in [1.82, 2.24) is 15.2 Å². The fraction of sp³-hybridized carbons (Fsp3) is 0.650. The van der Waals surface area contributed by atoms with Crippen LogP contribution in [0.1, 0.15) is 44.6 Å². The lowest BCUT2D eigenvalue weighted by molar-refractivity contribution is -0.143. The molecule has 3 rings (SSSR count). The van der Waals surface area contributed by atoms with E-state index in [1.54, 1.807) is 4.90 Å². The molecular weight excluding hydrogens is 344 g/mol. The van der Waals surface area contributed by atoms with E-state index in [1.165, 1.54) is 25.7 Å². The molecule has 0 spiro atoms. The maximum atomic E-state index is 12.4. The van der Waals surface area contributed by atoms with Gasteiger partial charge >= 0.3 is 12.0 Å². The Morgan fingerprint density at radius 3 is 2.56 bits per heavy atom. The third kappa shape index (κ3) is 5.34. The van der Waals surface area contributed by atoms with Gasteiger partial charge < -0.3 is 20.2 Å². The molecule has 2 aliphatic rings. The number of aromatic nitrogens is 1. The van der Waals surface area contributed by atoms with Gasteiger partial charge in [0.15, 0.2) is 0 Å². The molecule has 0 bridgehead atoms. The molecule has 1 aromatic rings. The fourth-order valence-corrected chi connectivity index (χ4v) is 3.99. The van der Waals surface area contributed by atoms with Gasteiger partial charge in [-0.05, 0) is 36.8 Å². The number of anilines is 1. The van der Waals surface area contributed by atoms with Crippen molar-refractivity contribution in [3.8, 4) is 0 Å². The number of hydrogen-bond acceptors (Lipinski definition) is 4. The van der Waals surface area contributed by atoms with Gasteiger partial charge in [0.1, 0.15) is 5.82 Å². The summed E-state index contributed by atoms with van der Waals surface area (Å²) in [6.45, 7) is 5.37. The van der Waals surface area contributed by atoms with Crippen LogP contribution in [0.5, 0.6) is 0 Å². The number of likely N-dealkylation sites (tertiary alicyclic amines) is 1. The lowest BCUT2D eigenvalue weighted by atomic mass is 9.91. The van der Waals surface area contributed by atoms with Crippen molar-refractivity contribution < 1.29 is 14.7 Å². The fourth-order valence-electron chi connectivity index (χ4n) is 3.99. The standard InChI is InChI=1S/C20H30N4O3/c1-15-10-17(19(25)26)14-24(13-15)20(27)22-12-16-6-7-18(21-11-16)23-8-4-2-3-5-9-23/h6-7,11,15,17H,2-5,8-10,12-14H2,1H3,(H,22,27)(H,25,26). The molecule has 1 aromatic heterocycles. The molecule has 0 aliphatic carbocycles. The zero-order valence-corrected chi connectivity index (χ0v) is 16.1. The van der Waals surface area contributed by atoms with Gasteiger partial charge in [0.25, 0.3) is 0 Å². The Bertz CT molecular complexity index is 641. The lowest BCUT2D eigenvalue weighted by Crippen LogP contribution is -2.49. The summed E-state index contributed by atoms with van der Waals surface area (Å²) in [7, 11) is 0. The Morgan fingerprint density at radius 2 is 1.93 bits per heavy atom. The van der Waals surface area contributed by atoms with Crippen LogP contribution in [0.3, 0.4) is 0 Å². The molecule has 2 unspecified atom stereocenters. The monoisotopic (exact) mass is 374 g/mol. The summed E-state index contributed by atoms with van der Waals surface area (Å²) in [6.07, 6.45) is 7.45. The molecule has 0 aromatic carbocycles. The summed E-state index contributed by atoms with van der Waals surface area (Å²) in [5.41, 5.74) is 0.946. The van der Waals surface area contributed by atoms with E-state index in [-0.39, 0.29) is 18.5 Å². The molecule has 7 nitrogen and oxygen atoms in total. The largest absolute Gasteiger partial charge is 0.481 e. The molecule has 2 N–H and O–H groups in total. The highest BCUT2D eigenvalue weighted by Gasteiger charge is 2.31. The van der Waals surface area contributed by atoms with E-state index < -0.39 is 11.9 Å². The van der Waals surface area contributed by atoms with E-state index in [0.29, 0.717) is 19.5 Å². The number of amides is 2. The predicted octanol–water partition coefficient (Wildman–Crippen LogP) is 2.71.